The minimum absolute atomic E-state index is 0.229. The zero-order chi connectivity index (χ0) is 13.0. The fourth-order valence-corrected chi connectivity index (χ4v) is 1.41. The van der Waals surface area contributed by atoms with Crippen LogP contribution in [0, 0.1) is 11.6 Å². The average Bonchev–Trinajstić information content (AvgIpc) is 2.30. The first-order valence-corrected chi connectivity index (χ1v) is 5.16. The number of anilines is 1. The van der Waals surface area contributed by atoms with Crippen LogP contribution in [0.1, 0.15) is 17.3 Å². The molecule has 3 nitrogen and oxygen atoms in total. The third-order valence-corrected chi connectivity index (χ3v) is 2.34. The highest BCUT2D eigenvalue weighted by molar-refractivity contribution is 5.95. The van der Waals surface area contributed by atoms with Gasteiger partial charge < -0.3 is 10.6 Å². The van der Waals surface area contributed by atoms with Gasteiger partial charge in [0, 0.05) is 19.2 Å². The summed E-state index contributed by atoms with van der Waals surface area (Å²) in [6, 6.07) is 1.63. The Labute approximate surface area is 98.5 Å². The number of likely N-dealkylation sites (N-methyl/N-ethyl adjacent to an activating group) is 1. The van der Waals surface area contributed by atoms with Gasteiger partial charge in [0.2, 0.25) is 0 Å². The summed E-state index contributed by atoms with van der Waals surface area (Å²) in [4.78, 5) is 13.3. The molecular formula is C12H14F2N2O. The fourth-order valence-electron chi connectivity index (χ4n) is 1.41. The number of halogens is 2. The molecule has 0 saturated heterocycles. The maximum atomic E-state index is 13.4. The van der Waals surface area contributed by atoms with Crippen molar-refractivity contribution in [3.8, 4) is 0 Å². The Morgan fingerprint density at radius 1 is 1.47 bits per heavy atom. The van der Waals surface area contributed by atoms with Crippen molar-refractivity contribution in [2.75, 3.05) is 18.8 Å². The molecule has 0 aliphatic carbocycles. The maximum absolute atomic E-state index is 13.4. The summed E-state index contributed by atoms with van der Waals surface area (Å²) in [6.45, 7) is 5.96. The summed E-state index contributed by atoms with van der Waals surface area (Å²) in [5.74, 6) is -2.31. The van der Waals surface area contributed by atoms with Crippen LogP contribution in [-0.4, -0.2) is 23.9 Å². The van der Waals surface area contributed by atoms with Gasteiger partial charge in [0.15, 0.2) is 0 Å². The van der Waals surface area contributed by atoms with Crippen LogP contribution in [0.15, 0.2) is 24.8 Å². The van der Waals surface area contributed by atoms with Crippen molar-refractivity contribution < 1.29 is 13.6 Å². The molecule has 1 aromatic rings. The normalized spacial score (nSPS) is 10.1. The monoisotopic (exact) mass is 240 g/mol. The second-order valence-electron chi connectivity index (χ2n) is 3.49. The molecule has 0 aliphatic rings. The van der Waals surface area contributed by atoms with Crippen LogP contribution >= 0.6 is 0 Å². The number of hydrogen-bond donors (Lipinski definition) is 1. The molecular weight excluding hydrogens is 226 g/mol. The molecule has 0 atom stereocenters. The lowest BCUT2D eigenvalue weighted by Gasteiger charge is -2.19. The molecule has 17 heavy (non-hydrogen) atoms. The van der Waals surface area contributed by atoms with E-state index in [2.05, 4.69) is 6.58 Å². The van der Waals surface area contributed by atoms with Crippen LogP contribution in [0.3, 0.4) is 0 Å². The summed E-state index contributed by atoms with van der Waals surface area (Å²) in [7, 11) is 0. The number of amides is 1. The summed E-state index contributed by atoms with van der Waals surface area (Å²) in [5, 5.41) is 0. The topological polar surface area (TPSA) is 46.3 Å². The standard InChI is InChI=1S/C12H14F2N2O/c1-3-5-16(4-2)12(17)8-6-11(15)10(14)7-9(8)13/h3,6-7H,1,4-5,15H2,2H3. The van der Waals surface area contributed by atoms with Crippen molar-refractivity contribution in [2.24, 2.45) is 0 Å². The third-order valence-electron chi connectivity index (χ3n) is 2.34. The third kappa shape index (κ3) is 2.81. The number of nitrogen functional groups attached to an aromatic ring is 1. The zero-order valence-corrected chi connectivity index (χ0v) is 9.54. The van der Waals surface area contributed by atoms with E-state index in [1.165, 1.54) is 11.0 Å². The first kappa shape index (κ1) is 13.2. The van der Waals surface area contributed by atoms with Gasteiger partial charge in [-0.25, -0.2) is 8.78 Å². The van der Waals surface area contributed by atoms with Gasteiger partial charge in [-0.15, -0.1) is 6.58 Å². The highest BCUT2D eigenvalue weighted by atomic mass is 19.1. The summed E-state index contributed by atoms with van der Waals surface area (Å²) in [5.41, 5.74) is 4.84. The first-order chi connectivity index (χ1) is 8.01. The quantitative estimate of drug-likeness (QED) is 0.647. The molecule has 1 amide bonds. The molecule has 1 aromatic carbocycles. The van der Waals surface area contributed by atoms with Crippen LogP contribution in [0.2, 0.25) is 0 Å². The van der Waals surface area contributed by atoms with Gasteiger partial charge >= 0.3 is 0 Å². The fraction of sp³-hybridized carbons (Fsp3) is 0.250. The Morgan fingerprint density at radius 3 is 2.65 bits per heavy atom. The Hall–Kier alpha value is -1.91. The second kappa shape index (κ2) is 5.43. The summed E-state index contributed by atoms with van der Waals surface area (Å²) < 4.78 is 26.4. The Morgan fingerprint density at radius 2 is 2.12 bits per heavy atom. The Balaban J connectivity index is 3.11. The van der Waals surface area contributed by atoms with Crippen LogP contribution in [0.25, 0.3) is 0 Å². The van der Waals surface area contributed by atoms with Crippen LogP contribution in [0.4, 0.5) is 14.5 Å². The smallest absolute Gasteiger partial charge is 0.257 e. The average molecular weight is 240 g/mol. The molecule has 0 heterocycles. The highest BCUT2D eigenvalue weighted by Crippen LogP contribution is 2.18. The summed E-state index contributed by atoms with van der Waals surface area (Å²) in [6.07, 6.45) is 1.53. The minimum atomic E-state index is -0.913. The van der Waals surface area contributed by atoms with Gasteiger partial charge in [-0.05, 0) is 13.0 Å². The predicted octanol–water partition coefficient (Wildman–Crippen LogP) is 2.20. The number of nitrogens with zero attached hydrogens (tertiary/aromatic N) is 1. The van der Waals surface area contributed by atoms with E-state index in [4.69, 9.17) is 5.73 Å². The molecule has 0 saturated carbocycles. The largest absolute Gasteiger partial charge is 0.396 e. The lowest BCUT2D eigenvalue weighted by molar-refractivity contribution is 0.0777. The molecule has 0 bridgehead atoms. The zero-order valence-electron chi connectivity index (χ0n) is 9.54. The van der Waals surface area contributed by atoms with Gasteiger partial charge in [-0.2, -0.15) is 0 Å². The van der Waals surface area contributed by atoms with Gasteiger partial charge in [0.1, 0.15) is 11.6 Å². The van der Waals surface area contributed by atoms with E-state index in [1.54, 1.807) is 6.92 Å². The molecule has 0 spiro atoms. The number of carbonyl (C=O) groups is 1. The van der Waals surface area contributed by atoms with E-state index in [0.717, 1.165) is 6.07 Å². The van der Waals surface area contributed by atoms with Crippen molar-refractivity contribution in [1.29, 1.82) is 0 Å². The van der Waals surface area contributed by atoms with Crippen molar-refractivity contribution in [2.45, 2.75) is 6.92 Å². The van der Waals surface area contributed by atoms with E-state index in [1.807, 2.05) is 0 Å². The van der Waals surface area contributed by atoms with Crippen LogP contribution in [-0.2, 0) is 0 Å². The van der Waals surface area contributed by atoms with Gasteiger partial charge in [0.05, 0.1) is 11.3 Å². The van der Waals surface area contributed by atoms with E-state index in [9.17, 15) is 13.6 Å². The van der Waals surface area contributed by atoms with Crippen molar-refractivity contribution >= 4 is 11.6 Å². The number of benzene rings is 1. The van der Waals surface area contributed by atoms with E-state index in [0.29, 0.717) is 19.2 Å². The van der Waals surface area contributed by atoms with Gasteiger partial charge in [-0.1, -0.05) is 6.08 Å². The molecule has 5 heteroatoms. The molecule has 0 fully saturated rings. The van der Waals surface area contributed by atoms with Crippen molar-refractivity contribution in [3.05, 3.63) is 42.0 Å². The number of hydrogen-bond acceptors (Lipinski definition) is 2. The molecule has 92 valence electrons. The van der Waals surface area contributed by atoms with Crippen LogP contribution in [0.5, 0.6) is 0 Å². The number of carbonyl (C=O) groups excluding carboxylic acids is 1. The molecule has 0 aliphatic heterocycles. The lowest BCUT2D eigenvalue weighted by atomic mass is 10.1. The molecule has 0 unspecified atom stereocenters. The highest BCUT2D eigenvalue weighted by Gasteiger charge is 2.19. The van der Waals surface area contributed by atoms with Crippen LogP contribution < -0.4 is 5.73 Å². The lowest BCUT2D eigenvalue weighted by Crippen LogP contribution is -2.31. The number of rotatable bonds is 4. The molecule has 1 rings (SSSR count). The van der Waals surface area contributed by atoms with E-state index < -0.39 is 17.5 Å². The maximum Gasteiger partial charge on any atom is 0.257 e. The first-order valence-electron chi connectivity index (χ1n) is 5.16. The molecule has 0 aromatic heterocycles. The molecule has 2 N–H and O–H groups in total. The Kier molecular flexibility index (Phi) is 4.20. The van der Waals surface area contributed by atoms with Gasteiger partial charge in [-0.3, -0.25) is 4.79 Å². The van der Waals surface area contributed by atoms with E-state index >= 15 is 0 Å². The predicted molar refractivity (Wildman–Crippen MR) is 62.5 cm³/mol. The van der Waals surface area contributed by atoms with E-state index in [-0.39, 0.29) is 11.3 Å². The van der Waals surface area contributed by atoms with Gasteiger partial charge in [0.25, 0.3) is 5.91 Å². The molecule has 0 radical (unpaired) electrons. The SMILES string of the molecule is C=CCN(CC)C(=O)c1cc(N)c(F)cc1F. The van der Waals surface area contributed by atoms with Crippen molar-refractivity contribution in [1.82, 2.24) is 4.90 Å². The Bertz CT molecular complexity index is 446. The number of nitrogens with two attached hydrogens (primary N) is 1. The second-order valence-corrected chi connectivity index (χ2v) is 3.49. The minimum Gasteiger partial charge on any atom is -0.396 e. The van der Waals surface area contributed by atoms with Crippen molar-refractivity contribution in [3.63, 3.8) is 0 Å². The summed E-state index contributed by atoms with van der Waals surface area (Å²) >= 11 is 0.